The Morgan fingerprint density at radius 1 is 0.771 bits per heavy atom. The van der Waals surface area contributed by atoms with E-state index in [1.807, 2.05) is 66.8 Å². The molecular weight excluding hydrogens is 460 g/mol. The van der Waals surface area contributed by atoms with E-state index in [0.717, 1.165) is 44.9 Å². The molecule has 3 aliphatic rings. The van der Waals surface area contributed by atoms with E-state index in [1.165, 1.54) is 12.1 Å². The second-order valence-electron chi connectivity index (χ2n) is 8.28. The van der Waals surface area contributed by atoms with Gasteiger partial charge >= 0.3 is 0 Å². The van der Waals surface area contributed by atoms with Crippen LogP contribution in [-0.2, 0) is 10.0 Å². The highest BCUT2D eigenvalue weighted by Crippen LogP contribution is 2.22. The van der Waals surface area contributed by atoms with Crippen LogP contribution in [0.15, 0.2) is 105 Å². The Morgan fingerprint density at radius 3 is 2.29 bits per heavy atom. The van der Waals surface area contributed by atoms with Crippen LogP contribution >= 0.6 is 0 Å². The maximum atomic E-state index is 11.6. The number of aromatic nitrogens is 2. The van der Waals surface area contributed by atoms with Crippen LogP contribution in [0.4, 0.5) is 5.69 Å². The van der Waals surface area contributed by atoms with Crippen molar-refractivity contribution in [2.45, 2.75) is 4.90 Å². The van der Waals surface area contributed by atoms with Gasteiger partial charge in [0.1, 0.15) is 0 Å². The van der Waals surface area contributed by atoms with E-state index in [9.17, 15) is 8.42 Å². The van der Waals surface area contributed by atoms with E-state index in [0.29, 0.717) is 11.4 Å². The monoisotopic (exact) mass is 480 g/mol. The van der Waals surface area contributed by atoms with Gasteiger partial charge in [-0.2, -0.15) is 0 Å². The minimum absolute atomic E-state index is 0.0434. The first-order chi connectivity index (χ1) is 16.9. The number of allylic oxidation sites excluding steroid dienone is 5. The summed E-state index contributed by atoms with van der Waals surface area (Å²) in [4.78, 5) is 16.3. The number of nitrogens with one attached hydrogen (secondary N) is 3. The van der Waals surface area contributed by atoms with Gasteiger partial charge in [-0.15, -0.1) is 0 Å². The van der Waals surface area contributed by atoms with Gasteiger partial charge in [0, 0.05) is 27.8 Å². The number of H-pyrrole nitrogens is 2. The van der Waals surface area contributed by atoms with Crippen molar-refractivity contribution in [2.24, 2.45) is 15.1 Å². The van der Waals surface area contributed by atoms with Crippen molar-refractivity contribution in [2.75, 3.05) is 0 Å². The van der Waals surface area contributed by atoms with Crippen LogP contribution < -0.4 is 21.2 Å². The lowest BCUT2D eigenvalue weighted by atomic mass is 10.2. The van der Waals surface area contributed by atoms with Gasteiger partial charge in [0.15, 0.2) is 0 Å². The zero-order chi connectivity index (χ0) is 24.0. The minimum Gasteiger partial charge on any atom is -0.355 e. The predicted molar refractivity (Wildman–Crippen MR) is 138 cm³/mol. The number of primary sulfonamides is 1. The molecule has 3 aromatic rings. The minimum atomic E-state index is -3.76. The molecule has 1 aromatic carbocycles. The van der Waals surface area contributed by atoms with Gasteiger partial charge in [-0.3, -0.25) is 0 Å². The summed E-state index contributed by atoms with van der Waals surface area (Å²) in [6.45, 7) is 0. The molecular formula is C26H20N6O2S. The summed E-state index contributed by atoms with van der Waals surface area (Å²) in [5.41, 5.74) is 6.53. The fourth-order valence-electron chi connectivity index (χ4n) is 4.00. The highest BCUT2D eigenvalue weighted by atomic mass is 32.2. The van der Waals surface area contributed by atoms with Gasteiger partial charge in [0.2, 0.25) is 10.0 Å². The molecule has 2 aromatic heterocycles. The normalized spacial score (nSPS) is 17.7. The van der Waals surface area contributed by atoms with Gasteiger partial charge in [0.25, 0.3) is 0 Å². The van der Waals surface area contributed by atoms with Gasteiger partial charge in [0.05, 0.1) is 33.4 Å². The van der Waals surface area contributed by atoms with Crippen molar-refractivity contribution in [1.82, 2.24) is 15.3 Å². The van der Waals surface area contributed by atoms with Crippen molar-refractivity contribution in [3.05, 3.63) is 112 Å². The fraction of sp³-hybridized carbons (Fsp3) is 0. The van der Waals surface area contributed by atoms with E-state index >= 15 is 0 Å². The summed E-state index contributed by atoms with van der Waals surface area (Å²) in [5, 5.41) is 10.5. The van der Waals surface area contributed by atoms with Crippen LogP contribution in [-0.4, -0.2) is 29.8 Å². The second kappa shape index (κ2) is 8.08. The van der Waals surface area contributed by atoms with Crippen molar-refractivity contribution in [3.8, 4) is 0 Å². The van der Waals surface area contributed by atoms with Crippen molar-refractivity contribution in [1.29, 1.82) is 0 Å². The number of nitrogens with two attached hydrogens (primary N) is 1. The van der Waals surface area contributed by atoms with Crippen LogP contribution in [0.2, 0.25) is 0 Å². The number of aromatic amines is 2. The molecule has 5 heterocycles. The highest BCUT2D eigenvalue weighted by Gasteiger charge is 2.17. The molecule has 8 bridgehead atoms. The Hall–Kier alpha value is -4.47. The maximum absolute atomic E-state index is 11.6. The van der Waals surface area contributed by atoms with Crippen LogP contribution in [0, 0.1) is 0 Å². The lowest BCUT2D eigenvalue weighted by Crippen LogP contribution is -2.14. The Kier molecular flexibility index (Phi) is 4.87. The molecule has 3 aliphatic heterocycles. The first kappa shape index (κ1) is 21.1. The molecule has 0 unspecified atom stereocenters. The van der Waals surface area contributed by atoms with E-state index in [2.05, 4.69) is 15.3 Å². The molecule has 0 amide bonds. The van der Waals surface area contributed by atoms with Crippen LogP contribution in [0.3, 0.4) is 0 Å². The number of hydrogen-bond donors (Lipinski definition) is 4. The summed E-state index contributed by atoms with van der Waals surface area (Å²) in [6.07, 6.45) is 13.8. The molecule has 35 heavy (non-hydrogen) atoms. The van der Waals surface area contributed by atoms with Gasteiger partial charge < -0.3 is 15.3 Å². The molecule has 5 N–H and O–H groups in total. The average Bonchev–Trinajstić information content (AvgIpc) is 3.60. The Labute approximate surface area is 201 Å². The summed E-state index contributed by atoms with van der Waals surface area (Å²) in [5.74, 6) is 0. The van der Waals surface area contributed by atoms with Gasteiger partial charge in [-0.25, -0.2) is 23.5 Å². The number of fused-ring (bicyclic) bond motifs is 7. The van der Waals surface area contributed by atoms with Crippen molar-refractivity contribution >= 4 is 45.4 Å². The number of sulfonamides is 1. The largest absolute Gasteiger partial charge is 0.355 e. The number of benzene rings is 1. The third-order valence-electron chi connectivity index (χ3n) is 5.62. The van der Waals surface area contributed by atoms with Crippen LogP contribution in [0.25, 0.3) is 18.2 Å². The third kappa shape index (κ3) is 4.50. The van der Waals surface area contributed by atoms with Gasteiger partial charge in [-0.1, -0.05) is 0 Å². The summed E-state index contributed by atoms with van der Waals surface area (Å²) in [6, 6.07) is 14.2. The maximum Gasteiger partial charge on any atom is 0.238 e. The first-order valence-corrected chi connectivity index (χ1v) is 12.4. The van der Waals surface area contributed by atoms with E-state index < -0.39 is 10.0 Å². The van der Waals surface area contributed by atoms with Gasteiger partial charge in [-0.05, 0) is 91.1 Å². The number of aliphatic imine (C=N–C) groups is 2. The molecule has 9 heteroatoms. The fourth-order valence-corrected chi connectivity index (χ4v) is 4.52. The molecule has 8 nitrogen and oxygen atoms in total. The summed E-state index contributed by atoms with van der Waals surface area (Å²) >= 11 is 0. The van der Waals surface area contributed by atoms with E-state index in [-0.39, 0.29) is 4.90 Å². The smallest absolute Gasteiger partial charge is 0.238 e. The SMILES string of the molecule is NS(=O)(=O)c1ccc(N=C2C=C3C=c4ccc([nH]4)=Cc4ccc([nH]4)C=C4C=CC(=N4)C=C2N3)cc1. The summed E-state index contributed by atoms with van der Waals surface area (Å²) < 4.78 is 23.1. The second-order valence-corrected chi connectivity index (χ2v) is 9.85. The molecule has 172 valence electrons. The molecule has 0 spiro atoms. The number of rotatable bonds is 2. The van der Waals surface area contributed by atoms with E-state index in [4.69, 9.17) is 15.1 Å². The zero-order valence-electron chi connectivity index (χ0n) is 18.4. The molecule has 0 radical (unpaired) electrons. The van der Waals surface area contributed by atoms with Crippen LogP contribution in [0.1, 0.15) is 11.4 Å². The first-order valence-electron chi connectivity index (χ1n) is 10.9. The topological polar surface area (TPSA) is 128 Å². The number of hydrogen-bond acceptors (Lipinski definition) is 5. The van der Waals surface area contributed by atoms with Crippen molar-refractivity contribution < 1.29 is 8.42 Å². The zero-order valence-corrected chi connectivity index (χ0v) is 19.2. The lowest BCUT2D eigenvalue weighted by molar-refractivity contribution is 0.598. The molecule has 6 rings (SSSR count). The molecule has 0 saturated heterocycles. The third-order valence-corrected chi connectivity index (χ3v) is 6.55. The average molecular weight is 481 g/mol. The quantitative estimate of drug-likeness (QED) is 0.448. The Morgan fingerprint density at radius 2 is 1.51 bits per heavy atom. The van der Waals surface area contributed by atoms with Crippen molar-refractivity contribution in [3.63, 3.8) is 0 Å². The highest BCUT2D eigenvalue weighted by molar-refractivity contribution is 7.89. The standard InChI is InChI=1S/C26H20N6O2S/c27-35(33,34)24-9-7-16(8-10-24)31-26-15-23-13-21-4-3-19(29-21)11-17-1-2-18(28-17)12-20-5-6-22(30-20)14-25(26)32-23/h1-15,28-29,32H,(H2,27,33,34). The molecule has 0 saturated carbocycles. The molecule has 0 aliphatic carbocycles. The lowest BCUT2D eigenvalue weighted by Gasteiger charge is -2.04. The molecule has 0 fully saturated rings. The predicted octanol–water partition coefficient (Wildman–Crippen LogP) is 2.11. The Bertz CT molecular complexity index is 1780. The van der Waals surface area contributed by atoms with Crippen LogP contribution in [0.5, 0.6) is 0 Å². The summed E-state index contributed by atoms with van der Waals surface area (Å²) in [7, 11) is -3.76. The Balaban J connectivity index is 1.47. The molecule has 0 atom stereocenters. The number of nitrogens with zero attached hydrogens (tertiary/aromatic N) is 2. The van der Waals surface area contributed by atoms with E-state index in [1.54, 1.807) is 12.1 Å².